The molecule has 9 heteroatoms. The van der Waals surface area contributed by atoms with Gasteiger partial charge in [-0.2, -0.15) is 0 Å². The predicted octanol–water partition coefficient (Wildman–Crippen LogP) is 1.51. The second-order valence-electron chi connectivity index (χ2n) is 4.58. The Balaban J connectivity index is 0.00000400. The van der Waals surface area contributed by atoms with E-state index in [1.807, 2.05) is 31.2 Å². The zero-order valence-electron chi connectivity index (χ0n) is 12.8. The highest BCUT2D eigenvalue weighted by Gasteiger charge is 2.09. The molecule has 1 N–H and O–H groups in total. The van der Waals surface area contributed by atoms with Crippen molar-refractivity contribution in [3.05, 3.63) is 16.1 Å². The molecule has 6 nitrogen and oxygen atoms in total. The van der Waals surface area contributed by atoms with Gasteiger partial charge in [-0.15, -0.1) is 35.3 Å². The first-order valence-corrected chi connectivity index (χ1v) is 9.34. The first-order valence-electron chi connectivity index (χ1n) is 6.40. The minimum absolute atomic E-state index is 0. The maximum absolute atomic E-state index is 11.1. The monoisotopic (exact) mass is 446 g/mol. The Morgan fingerprint density at radius 3 is 2.67 bits per heavy atom. The number of nitrogens with zero attached hydrogens (tertiary/aromatic N) is 3. The molecule has 0 unspecified atom stereocenters. The lowest BCUT2D eigenvalue weighted by Crippen LogP contribution is -2.38. The fourth-order valence-corrected chi connectivity index (χ4v) is 2.61. The summed E-state index contributed by atoms with van der Waals surface area (Å²) in [7, 11) is -1.07. The Bertz CT molecular complexity index is 557. The molecule has 0 amide bonds. The van der Waals surface area contributed by atoms with E-state index in [-0.39, 0.29) is 36.3 Å². The summed E-state index contributed by atoms with van der Waals surface area (Å²) in [5.74, 6) is 0.757. The molecule has 1 aromatic rings. The van der Waals surface area contributed by atoms with Gasteiger partial charge in [0.15, 0.2) is 5.96 Å². The van der Waals surface area contributed by atoms with Crippen LogP contribution in [0.4, 0.5) is 0 Å². The molecule has 0 atom stereocenters. The number of aliphatic imine (C=N–C) groups is 1. The molecule has 0 spiro atoms. The van der Waals surface area contributed by atoms with Crippen molar-refractivity contribution in [2.45, 2.75) is 20.4 Å². The van der Waals surface area contributed by atoms with E-state index in [0.717, 1.165) is 17.2 Å². The molecule has 1 heterocycles. The Kier molecular flexibility index (Phi) is 9.38. The largest absolute Gasteiger partial charge is 0.357 e. The number of hydrogen-bond acceptors (Lipinski definition) is 5. The summed E-state index contributed by atoms with van der Waals surface area (Å²) in [4.78, 5) is 10.7. The molecule has 1 aromatic heterocycles. The molecular formula is C12H23IN4O2S2. The van der Waals surface area contributed by atoms with Crippen LogP contribution in [-0.4, -0.2) is 56.4 Å². The molecule has 0 aliphatic rings. The van der Waals surface area contributed by atoms with Gasteiger partial charge in [0.1, 0.15) is 9.84 Å². The van der Waals surface area contributed by atoms with E-state index in [9.17, 15) is 8.42 Å². The van der Waals surface area contributed by atoms with Crippen LogP contribution < -0.4 is 5.32 Å². The third kappa shape index (κ3) is 8.57. The zero-order chi connectivity index (χ0) is 15.2. The number of thiazole rings is 1. The number of rotatable bonds is 6. The van der Waals surface area contributed by atoms with Gasteiger partial charge in [-0.05, 0) is 13.8 Å². The lowest BCUT2D eigenvalue weighted by atomic mass is 10.4. The van der Waals surface area contributed by atoms with E-state index in [0.29, 0.717) is 12.5 Å². The number of hydrogen-bond donors (Lipinski definition) is 1. The molecule has 0 aromatic carbocycles. The number of sulfone groups is 1. The average molecular weight is 446 g/mol. The van der Waals surface area contributed by atoms with Gasteiger partial charge in [0.05, 0.1) is 29.5 Å². The number of halogens is 1. The average Bonchev–Trinajstić information content (AvgIpc) is 2.72. The SMILES string of the molecule is CCNC(=NCCS(C)(=O)=O)N(C)Cc1csc(C)n1.I. The van der Waals surface area contributed by atoms with Gasteiger partial charge < -0.3 is 10.2 Å². The van der Waals surface area contributed by atoms with Gasteiger partial charge in [0, 0.05) is 25.2 Å². The van der Waals surface area contributed by atoms with E-state index in [1.54, 1.807) is 11.3 Å². The van der Waals surface area contributed by atoms with E-state index in [2.05, 4.69) is 15.3 Å². The van der Waals surface area contributed by atoms with Crippen LogP contribution in [0.1, 0.15) is 17.6 Å². The molecule has 0 saturated carbocycles. The topological polar surface area (TPSA) is 74.7 Å². The van der Waals surface area contributed by atoms with Crippen molar-refractivity contribution in [2.75, 3.05) is 32.1 Å². The quantitative estimate of drug-likeness (QED) is 0.408. The van der Waals surface area contributed by atoms with Crippen LogP contribution >= 0.6 is 35.3 Å². The highest BCUT2D eigenvalue weighted by Crippen LogP contribution is 2.09. The van der Waals surface area contributed by atoms with E-state index in [1.165, 1.54) is 6.26 Å². The van der Waals surface area contributed by atoms with E-state index in [4.69, 9.17) is 0 Å². The van der Waals surface area contributed by atoms with Crippen LogP contribution in [0.3, 0.4) is 0 Å². The van der Waals surface area contributed by atoms with Crippen LogP contribution in [-0.2, 0) is 16.4 Å². The van der Waals surface area contributed by atoms with Gasteiger partial charge in [-0.25, -0.2) is 13.4 Å². The first-order chi connectivity index (χ1) is 9.31. The summed E-state index contributed by atoms with van der Waals surface area (Å²) in [6.07, 6.45) is 1.22. The Morgan fingerprint density at radius 1 is 1.52 bits per heavy atom. The van der Waals surface area contributed by atoms with Crippen molar-refractivity contribution in [1.29, 1.82) is 0 Å². The maximum Gasteiger partial charge on any atom is 0.194 e. The summed E-state index contributed by atoms with van der Waals surface area (Å²) in [6, 6.07) is 0. The smallest absolute Gasteiger partial charge is 0.194 e. The molecule has 0 bridgehead atoms. The molecule has 0 aliphatic carbocycles. The maximum atomic E-state index is 11.1. The van der Waals surface area contributed by atoms with Gasteiger partial charge in [-0.1, -0.05) is 0 Å². The molecule has 122 valence electrons. The highest BCUT2D eigenvalue weighted by atomic mass is 127. The second kappa shape index (κ2) is 9.57. The van der Waals surface area contributed by atoms with Crippen molar-refractivity contribution in [3.63, 3.8) is 0 Å². The van der Waals surface area contributed by atoms with Gasteiger partial charge in [-0.3, -0.25) is 4.99 Å². The lowest BCUT2D eigenvalue weighted by Gasteiger charge is -2.21. The third-order valence-corrected chi connectivity index (χ3v) is 4.23. The Hall–Kier alpha value is -0.420. The third-order valence-electron chi connectivity index (χ3n) is 2.49. The Morgan fingerprint density at radius 2 is 2.19 bits per heavy atom. The number of aromatic nitrogens is 1. The van der Waals surface area contributed by atoms with Gasteiger partial charge in [0.25, 0.3) is 0 Å². The molecule has 0 fully saturated rings. The van der Waals surface area contributed by atoms with Crippen LogP contribution in [0.5, 0.6) is 0 Å². The van der Waals surface area contributed by atoms with Crippen molar-refractivity contribution in [3.8, 4) is 0 Å². The summed E-state index contributed by atoms with van der Waals surface area (Å²) < 4.78 is 22.2. The van der Waals surface area contributed by atoms with E-state index >= 15 is 0 Å². The van der Waals surface area contributed by atoms with Crippen LogP contribution in [0.15, 0.2) is 10.4 Å². The van der Waals surface area contributed by atoms with Crippen LogP contribution in [0, 0.1) is 6.92 Å². The molecule has 21 heavy (non-hydrogen) atoms. The molecule has 1 rings (SSSR count). The second-order valence-corrected chi connectivity index (χ2v) is 7.90. The van der Waals surface area contributed by atoms with Crippen molar-refractivity contribution < 1.29 is 8.42 Å². The standard InChI is InChI=1S/C12H22N4O2S2.HI/c1-5-13-12(14-6-7-20(4,17)18)16(3)8-11-9-19-10(2)15-11;/h9H,5-8H2,1-4H3,(H,13,14);1H. The zero-order valence-corrected chi connectivity index (χ0v) is 16.8. The van der Waals surface area contributed by atoms with Crippen molar-refractivity contribution in [1.82, 2.24) is 15.2 Å². The van der Waals surface area contributed by atoms with Crippen molar-refractivity contribution in [2.24, 2.45) is 4.99 Å². The highest BCUT2D eigenvalue weighted by molar-refractivity contribution is 14.0. The molecule has 0 saturated heterocycles. The van der Waals surface area contributed by atoms with Gasteiger partial charge in [0.2, 0.25) is 0 Å². The lowest BCUT2D eigenvalue weighted by molar-refractivity contribution is 0.471. The van der Waals surface area contributed by atoms with E-state index < -0.39 is 9.84 Å². The molecule has 0 radical (unpaired) electrons. The van der Waals surface area contributed by atoms with Crippen LogP contribution in [0.25, 0.3) is 0 Å². The fraction of sp³-hybridized carbons (Fsp3) is 0.667. The number of aryl methyl sites for hydroxylation is 1. The Labute approximate surface area is 148 Å². The normalized spacial score (nSPS) is 11.9. The van der Waals surface area contributed by atoms with Gasteiger partial charge >= 0.3 is 0 Å². The first kappa shape index (κ1) is 20.6. The predicted molar refractivity (Wildman–Crippen MR) is 99.4 cm³/mol. The number of nitrogens with one attached hydrogen (secondary N) is 1. The van der Waals surface area contributed by atoms with Crippen molar-refractivity contribution >= 4 is 51.1 Å². The summed E-state index contributed by atoms with van der Waals surface area (Å²) in [5.41, 5.74) is 0.990. The summed E-state index contributed by atoms with van der Waals surface area (Å²) in [6.45, 7) is 5.60. The van der Waals surface area contributed by atoms with Crippen LogP contribution in [0.2, 0.25) is 0 Å². The summed E-state index contributed by atoms with van der Waals surface area (Å²) in [5, 5.41) is 6.21. The molecular weight excluding hydrogens is 423 g/mol. The number of guanidine groups is 1. The molecule has 0 aliphatic heterocycles. The fourth-order valence-electron chi connectivity index (χ4n) is 1.59. The minimum Gasteiger partial charge on any atom is -0.357 e. The summed E-state index contributed by atoms with van der Waals surface area (Å²) >= 11 is 1.62. The minimum atomic E-state index is -2.98.